The van der Waals surface area contributed by atoms with Gasteiger partial charge in [0.05, 0.1) is 23.7 Å². The fourth-order valence-electron chi connectivity index (χ4n) is 4.34. The van der Waals surface area contributed by atoms with E-state index in [1.807, 2.05) is 30.3 Å². The number of alkyl carbamates (subject to hydrolysis) is 1. The molecule has 0 bridgehead atoms. The molecule has 0 aliphatic carbocycles. The second-order valence-electron chi connectivity index (χ2n) is 11.1. The van der Waals surface area contributed by atoms with E-state index in [0.29, 0.717) is 16.2 Å². The van der Waals surface area contributed by atoms with Crippen LogP contribution < -0.4 is 10.0 Å². The molecule has 2 aromatic carbocycles. The molecule has 0 saturated heterocycles. The number of rotatable bonds is 10. The minimum absolute atomic E-state index is 0.0116. The number of hydrogen-bond donors (Lipinski definition) is 2. The minimum Gasteiger partial charge on any atom is -0.444 e. The first-order valence-electron chi connectivity index (χ1n) is 13.1. The van der Waals surface area contributed by atoms with Crippen molar-refractivity contribution < 1.29 is 27.5 Å². The average molecular weight is 592 g/mol. The summed E-state index contributed by atoms with van der Waals surface area (Å²) in [6.07, 6.45) is -0.753. The molecule has 0 spiro atoms. The van der Waals surface area contributed by atoms with Gasteiger partial charge in [-0.25, -0.2) is 17.9 Å². The summed E-state index contributed by atoms with van der Waals surface area (Å²) in [5.74, 6) is -0.426. The number of carbonyl (C=O) groups is 2. The molecule has 0 radical (unpaired) electrons. The van der Waals surface area contributed by atoms with E-state index in [9.17, 15) is 18.0 Å². The third kappa shape index (κ3) is 8.30. The van der Waals surface area contributed by atoms with E-state index >= 15 is 0 Å². The summed E-state index contributed by atoms with van der Waals surface area (Å²) in [4.78, 5) is 28.1. The quantitative estimate of drug-likeness (QED) is 0.413. The maximum Gasteiger partial charge on any atom is 0.408 e. The lowest BCUT2D eigenvalue weighted by molar-refractivity contribution is -0.134. The maximum absolute atomic E-state index is 13.8. The Morgan fingerprint density at radius 1 is 1.07 bits per heavy atom. The van der Waals surface area contributed by atoms with Gasteiger partial charge in [-0.1, -0.05) is 54.1 Å². The molecule has 9 nitrogen and oxygen atoms in total. The van der Waals surface area contributed by atoms with Gasteiger partial charge in [0, 0.05) is 18.1 Å². The standard InChI is InChI=1S/C29H38ClN3O6S/c1-7-33(17-23-25(21-13-15-22(30)16-14-21)40(36,37)32-29(23,5)6)26(34)24(31-27(35)39-28(2,3)4)19-38-18-20-11-9-8-10-12-20/h8-16,24,32H,7,17-19H2,1-6H3,(H,31,35)/t24-/m1/s1. The zero-order chi connectivity index (χ0) is 29.7. The van der Waals surface area contributed by atoms with Gasteiger partial charge in [-0.3, -0.25) is 4.79 Å². The van der Waals surface area contributed by atoms with E-state index in [4.69, 9.17) is 21.1 Å². The molecule has 0 fully saturated rings. The van der Waals surface area contributed by atoms with Crippen molar-refractivity contribution in [1.82, 2.24) is 14.9 Å². The smallest absolute Gasteiger partial charge is 0.408 e. The molecule has 1 aliphatic heterocycles. The molecule has 0 saturated carbocycles. The Balaban J connectivity index is 1.91. The van der Waals surface area contributed by atoms with Crippen LogP contribution in [0.15, 0.2) is 60.2 Å². The highest BCUT2D eigenvalue weighted by molar-refractivity contribution is 7.99. The van der Waals surface area contributed by atoms with E-state index in [1.54, 1.807) is 65.8 Å². The summed E-state index contributed by atoms with van der Waals surface area (Å²) in [7, 11) is -3.86. The van der Waals surface area contributed by atoms with E-state index in [0.717, 1.165) is 5.56 Å². The summed E-state index contributed by atoms with van der Waals surface area (Å²) in [6.45, 7) is 10.9. The van der Waals surface area contributed by atoms with Crippen LogP contribution in [-0.4, -0.2) is 62.2 Å². The number of amides is 2. The Kier molecular flexibility index (Phi) is 10.1. The van der Waals surface area contributed by atoms with E-state index in [2.05, 4.69) is 10.0 Å². The Labute approximate surface area is 241 Å². The SMILES string of the molecule is CCN(CC1=C(c2ccc(Cl)cc2)S(=O)(=O)NC1(C)C)C(=O)[C@@H](COCc1ccccc1)NC(=O)OC(C)(C)C. The molecular formula is C29H38ClN3O6S. The van der Waals surface area contributed by atoms with Crippen molar-refractivity contribution in [2.24, 2.45) is 0 Å². The fourth-order valence-corrected chi connectivity index (χ4v) is 6.46. The van der Waals surface area contributed by atoms with Crippen molar-refractivity contribution >= 4 is 38.5 Å². The van der Waals surface area contributed by atoms with Crippen LogP contribution in [-0.2, 0) is 30.9 Å². The third-order valence-corrected chi connectivity index (χ3v) is 8.27. The topological polar surface area (TPSA) is 114 Å². The molecule has 40 heavy (non-hydrogen) atoms. The van der Waals surface area contributed by atoms with Gasteiger partial charge in [0.25, 0.3) is 0 Å². The van der Waals surface area contributed by atoms with Gasteiger partial charge in [-0.2, -0.15) is 0 Å². The predicted molar refractivity (Wildman–Crippen MR) is 156 cm³/mol. The van der Waals surface area contributed by atoms with Crippen LogP contribution in [0.3, 0.4) is 0 Å². The third-order valence-electron chi connectivity index (χ3n) is 6.22. The Morgan fingerprint density at radius 2 is 1.70 bits per heavy atom. The van der Waals surface area contributed by atoms with E-state index < -0.39 is 39.2 Å². The molecule has 2 N–H and O–H groups in total. The normalized spacial score (nSPS) is 16.9. The zero-order valence-electron chi connectivity index (χ0n) is 23.8. The van der Waals surface area contributed by atoms with E-state index in [1.165, 1.54) is 4.90 Å². The summed E-state index contributed by atoms with van der Waals surface area (Å²) in [5.41, 5.74) is 0.181. The summed E-state index contributed by atoms with van der Waals surface area (Å²) in [6, 6.07) is 14.9. The molecule has 0 unspecified atom stereocenters. The first-order chi connectivity index (χ1) is 18.6. The van der Waals surface area contributed by atoms with Crippen molar-refractivity contribution in [3.05, 3.63) is 76.3 Å². The molecule has 3 rings (SSSR count). The summed E-state index contributed by atoms with van der Waals surface area (Å²) >= 11 is 6.04. The van der Waals surface area contributed by atoms with Gasteiger partial charge in [0.2, 0.25) is 15.9 Å². The maximum atomic E-state index is 13.8. The monoisotopic (exact) mass is 591 g/mol. The van der Waals surface area contributed by atoms with Crippen LogP contribution in [0.2, 0.25) is 5.02 Å². The average Bonchev–Trinajstić information content (AvgIpc) is 3.04. The molecule has 11 heteroatoms. The fraction of sp³-hybridized carbons (Fsp3) is 0.448. The van der Waals surface area contributed by atoms with Crippen molar-refractivity contribution in [2.45, 2.75) is 65.3 Å². The number of ether oxygens (including phenoxy) is 2. The second kappa shape index (κ2) is 12.7. The largest absolute Gasteiger partial charge is 0.444 e. The highest BCUT2D eigenvalue weighted by atomic mass is 35.5. The van der Waals surface area contributed by atoms with Crippen LogP contribution in [0.25, 0.3) is 4.91 Å². The van der Waals surface area contributed by atoms with Crippen LogP contribution in [0.5, 0.6) is 0 Å². The number of carbonyl (C=O) groups excluding carboxylic acids is 2. The highest BCUT2D eigenvalue weighted by Gasteiger charge is 2.44. The van der Waals surface area contributed by atoms with Crippen LogP contribution in [0.4, 0.5) is 4.79 Å². The van der Waals surface area contributed by atoms with Crippen molar-refractivity contribution in [3.8, 4) is 0 Å². The zero-order valence-corrected chi connectivity index (χ0v) is 25.4. The summed E-state index contributed by atoms with van der Waals surface area (Å²) in [5, 5.41) is 3.12. The number of benzene rings is 2. The number of nitrogens with zero attached hydrogens (tertiary/aromatic N) is 1. The molecule has 0 aromatic heterocycles. The van der Waals surface area contributed by atoms with Crippen LogP contribution in [0.1, 0.15) is 52.7 Å². The van der Waals surface area contributed by atoms with Crippen molar-refractivity contribution in [2.75, 3.05) is 19.7 Å². The lowest BCUT2D eigenvalue weighted by atomic mass is 9.92. The van der Waals surface area contributed by atoms with Crippen LogP contribution in [0, 0.1) is 0 Å². The first kappa shape index (κ1) is 31.6. The van der Waals surface area contributed by atoms with Gasteiger partial charge >= 0.3 is 6.09 Å². The number of hydrogen-bond acceptors (Lipinski definition) is 6. The van der Waals surface area contributed by atoms with E-state index in [-0.39, 0.29) is 31.2 Å². The molecule has 1 aliphatic rings. The first-order valence-corrected chi connectivity index (χ1v) is 14.9. The number of sulfonamides is 1. The minimum atomic E-state index is -3.86. The second-order valence-corrected chi connectivity index (χ2v) is 13.2. The lowest BCUT2D eigenvalue weighted by Crippen LogP contribution is -2.53. The van der Waals surface area contributed by atoms with Crippen LogP contribution >= 0.6 is 11.6 Å². The lowest BCUT2D eigenvalue weighted by Gasteiger charge is -2.31. The number of nitrogens with one attached hydrogen (secondary N) is 2. The molecular weight excluding hydrogens is 554 g/mol. The van der Waals surface area contributed by atoms with Crippen molar-refractivity contribution in [1.29, 1.82) is 0 Å². The Morgan fingerprint density at radius 3 is 2.27 bits per heavy atom. The Hall–Kier alpha value is -2.92. The molecule has 1 atom stereocenters. The molecule has 1 heterocycles. The van der Waals surface area contributed by atoms with Gasteiger partial charge < -0.3 is 19.7 Å². The van der Waals surface area contributed by atoms with Gasteiger partial charge in [-0.15, -0.1) is 0 Å². The molecule has 218 valence electrons. The number of halogens is 1. The molecule has 2 amide bonds. The Bertz CT molecular complexity index is 1340. The summed E-state index contributed by atoms with van der Waals surface area (Å²) < 4.78 is 40.3. The van der Waals surface area contributed by atoms with Crippen molar-refractivity contribution in [3.63, 3.8) is 0 Å². The number of likely N-dealkylation sites (N-methyl/N-ethyl adjacent to an activating group) is 1. The highest BCUT2D eigenvalue weighted by Crippen LogP contribution is 2.38. The van der Waals surface area contributed by atoms with Gasteiger partial charge in [0.1, 0.15) is 11.6 Å². The van der Waals surface area contributed by atoms with Gasteiger partial charge in [-0.05, 0) is 70.4 Å². The predicted octanol–water partition coefficient (Wildman–Crippen LogP) is 4.72. The molecule has 2 aromatic rings. The van der Waals surface area contributed by atoms with Gasteiger partial charge in [0.15, 0.2) is 0 Å².